The molecule has 0 unspecified atom stereocenters. The summed E-state index contributed by atoms with van der Waals surface area (Å²) in [7, 11) is 0. The molecular weight excluding hydrogens is 781 g/mol. The first-order chi connectivity index (χ1) is 28.6. The van der Waals surface area contributed by atoms with Crippen LogP contribution in [0.2, 0.25) is 0 Å². The zero-order valence-electron chi connectivity index (χ0n) is 39.9. The Hall–Kier alpha value is -4.86. The molecule has 0 radical (unpaired) electrons. The number of allylic oxidation sites excluding steroid dienone is 4. The molecule has 3 aliphatic rings. The number of fused-ring (bicyclic) bond motifs is 8. The van der Waals surface area contributed by atoms with Crippen molar-refractivity contribution in [2.24, 2.45) is 10.8 Å². The molecule has 336 valence electrons. The fraction of sp³-hybridized carbons (Fsp3) is 0.577. The fourth-order valence-corrected chi connectivity index (χ4v) is 8.48. The second kappa shape index (κ2) is 17.4. The van der Waals surface area contributed by atoms with Crippen molar-refractivity contribution < 1.29 is 28.9 Å². The normalized spacial score (nSPS) is 21.1. The third-order valence-electron chi connectivity index (χ3n) is 12.6. The van der Waals surface area contributed by atoms with Crippen molar-refractivity contribution in [3.05, 3.63) is 124 Å². The van der Waals surface area contributed by atoms with Gasteiger partial charge in [0.15, 0.2) is 0 Å². The van der Waals surface area contributed by atoms with Gasteiger partial charge in [-0.25, -0.2) is 0 Å². The lowest BCUT2D eigenvalue weighted by molar-refractivity contribution is -0.537. The van der Waals surface area contributed by atoms with Gasteiger partial charge in [0.05, 0.1) is 26.1 Å². The van der Waals surface area contributed by atoms with E-state index in [4.69, 9.17) is 9.47 Å². The molecule has 0 saturated heterocycles. The highest BCUT2D eigenvalue weighted by molar-refractivity contribution is 6.07. The molecule has 0 aliphatic heterocycles. The van der Waals surface area contributed by atoms with Crippen molar-refractivity contribution in [3.8, 4) is 11.5 Å². The van der Waals surface area contributed by atoms with Crippen molar-refractivity contribution in [1.29, 1.82) is 0 Å². The Kier molecular flexibility index (Phi) is 13.5. The molecule has 2 atom stereocenters. The summed E-state index contributed by atoms with van der Waals surface area (Å²) in [5.41, 5.74) is -0.887. The number of rotatable bonds is 10. The van der Waals surface area contributed by atoms with Crippen LogP contribution in [0.4, 0.5) is 0 Å². The predicted molar refractivity (Wildman–Crippen MR) is 247 cm³/mol. The van der Waals surface area contributed by atoms with Crippen LogP contribution in [0.1, 0.15) is 156 Å². The molecule has 0 amide bonds. The van der Waals surface area contributed by atoms with Gasteiger partial charge in [0.2, 0.25) is 11.6 Å². The zero-order chi connectivity index (χ0) is 46.4. The summed E-state index contributed by atoms with van der Waals surface area (Å²) in [5.74, 6) is -0.510. The summed E-state index contributed by atoms with van der Waals surface area (Å²) < 4.78 is 13.2. The lowest BCUT2D eigenvalue weighted by atomic mass is 9.69. The number of benzene rings is 2. The number of nitro groups is 2. The standard InChI is InChI=1S/C52H70N2O8/c1-15-17-19-61-43-33-21-35-25-41(49(9,10)11)32-52(45(35)55,54(59)60)30-38-28-40(48(6,7)8)24-34(44(38)62-20-18-16-2)22-36-26-42(50(12,13)14)31-51(46(36)56,53(57)58)29-37(43)27-39(23-33)47(3,4)5/h23-28,31-32H,15-22,29-30H2,1-14H3/t51-,52+. The second-order valence-corrected chi connectivity index (χ2v) is 21.9. The van der Waals surface area contributed by atoms with Crippen LogP contribution in [-0.4, -0.2) is 45.7 Å². The van der Waals surface area contributed by atoms with Crippen LogP contribution in [0.25, 0.3) is 0 Å². The highest BCUT2D eigenvalue weighted by Gasteiger charge is 2.56. The lowest BCUT2D eigenvalue weighted by Crippen LogP contribution is -2.50. The van der Waals surface area contributed by atoms with Gasteiger partial charge < -0.3 is 9.47 Å². The topological polar surface area (TPSA) is 139 Å². The van der Waals surface area contributed by atoms with Crippen molar-refractivity contribution in [2.75, 3.05) is 13.2 Å². The van der Waals surface area contributed by atoms with E-state index in [0.29, 0.717) is 71.0 Å². The molecule has 3 aliphatic carbocycles. The second-order valence-electron chi connectivity index (χ2n) is 21.9. The average molecular weight is 851 g/mol. The molecular formula is C52H70N2O8. The van der Waals surface area contributed by atoms with Crippen molar-refractivity contribution in [1.82, 2.24) is 0 Å². The van der Waals surface area contributed by atoms with E-state index < -0.39 is 54.2 Å². The van der Waals surface area contributed by atoms with Crippen LogP contribution < -0.4 is 9.47 Å². The summed E-state index contributed by atoms with van der Waals surface area (Å²) in [4.78, 5) is 57.6. The smallest absolute Gasteiger partial charge is 0.306 e. The minimum Gasteiger partial charge on any atom is -0.493 e. The highest BCUT2D eigenvalue weighted by Crippen LogP contribution is 2.46. The van der Waals surface area contributed by atoms with Crippen LogP contribution >= 0.6 is 0 Å². The van der Waals surface area contributed by atoms with E-state index in [1.807, 2.05) is 121 Å². The molecule has 62 heavy (non-hydrogen) atoms. The van der Waals surface area contributed by atoms with Crippen molar-refractivity contribution in [2.45, 2.75) is 170 Å². The van der Waals surface area contributed by atoms with Crippen LogP contribution in [0, 0.1) is 31.1 Å². The van der Waals surface area contributed by atoms with Gasteiger partial charge in [0.1, 0.15) is 11.5 Å². The molecule has 2 aromatic carbocycles. The van der Waals surface area contributed by atoms with Gasteiger partial charge in [-0.05, 0) is 67.9 Å². The van der Waals surface area contributed by atoms with Crippen molar-refractivity contribution in [3.63, 3.8) is 0 Å². The Labute approximate surface area is 369 Å². The van der Waals surface area contributed by atoms with E-state index in [-0.39, 0.29) is 36.8 Å². The Morgan fingerprint density at radius 3 is 1.15 bits per heavy atom. The summed E-state index contributed by atoms with van der Waals surface area (Å²) >= 11 is 0. The summed E-state index contributed by atoms with van der Waals surface area (Å²) in [6.45, 7) is 28.8. The zero-order valence-corrected chi connectivity index (χ0v) is 39.9. The Balaban J connectivity index is 2.01. The molecule has 10 heteroatoms. The third-order valence-corrected chi connectivity index (χ3v) is 12.6. The highest BCUT2D eigenvalue weighted by atomic mass is 16.6. The third kappa shape index (κ3) is 9.69. The van der Waals surface area contributed by atoms with Gasteiger partial charge in [-0.1, -0.05) is 146 Å². The molecule has 0 heterocycles. The fourth-order valence-electron chi connectivity index (χ4n) is 8.48. The Morgan fingerprint density at radius 1 is 0.548 bits per heavy atom. The lowest BCUT2D eigenvalue weighted by Gasteiger charge is -2.34. The summed E-state index contributed by atoms with van der Waals surface area (Å²) in [6, 6.07) is 7.75. The number of carbonyl (C=O) groups excluding carboxylic acids is 2. The van der Waals surface area contributed by atoms with E-state index in [1.54, 1.807) is 24.3 Å². The number of unbranched alkanes of at least 4 members (excludes halogenated alkanes) is 2. The molecule has 5 rings (SSSR count). The monoisotopic (exact) mass is 851 g/mol. The van der Waals surface area contributed by atoms with Crippen LogP contribution in [-0.2, 0) is 46.1 Å². The Bertz CT molecular complexity index is 2100. The summed E-state index contributed by atoms with van der Waals surface area (Å²) in [6.07, 6.45) is 9.06. The van der Waals surface area contributed by atoms with Gasteiger partial charge in [-0.15, -0.1) is 0 Å². The number of ketones is 2. The van der Waals surface area contributed by atoms with Gasteiger partial charge >= 0.3 is 11.1 Å². The van der Waals surface area contributed by atoms with Gasteiger partial charge in [-0.3, -0.25) is 29.8 Å². The molecule has 0 aromatic heterocycles. The maximum Gasteiger partial charge on any atom is 0.306 e. The summed E-state index contributed by atoms with van der Waals surface area (Å²) in [5, 5.41) is 27.8. The van der Waals surface area contributed by atoms with Crippen LogP contribution in [0.5, 0.6) is 11.5 Å². The van der Waals surface area contributed by atoms with Gasteiger partial charge in [-0.2, -0.15) is 0 Å². The average Bonchev–Trinajstić information content (AvgIpc) is 3.14. The van der Waals surface area contributed by atoms with E-state index in [9.17, 15) is 20.2 Å². The first-order valence-corrected chi connectivity index (χ1v) is 22.4. The van der Waals surface area contributed by atoms with Crippen molar-refractivity contribution >= 4 is 11.6 Å². The van der Waals surface area contributed by atoms with Gasteiger partial charge in [0.25, 0.3) is 0 Å². The maximum atomic E-state index is 15.3. The Morgan fingerprint density at radius 2 is 0.871 bits per heavy atom. The molecule has 0 saturated carbocycles. The van der Waals surface area contributed by atoms with Gasteiger partial charge in [0, 0.05) is 57.1 Å². The first-order valence-electron chi connectivity index (χ1n) is 22.4. The number of Topliss-reactive ketones (excluding diaryl/α,β-unsaturated/α-hetero) is 2. The number of hydrogen-bond acceptors (Lipinski definition) is 8. The minimum atomic E-state index is -2.20. The first kappa shape index (κ1) is 48.2. The van der Waals surface area contributed by atoms with E-state index in [2.05, 4.69) is 0 Å². The SMILES string of the molecule is CCCCOc1c2cc(C(C)(C)C)cc1C[C@@]1([N+](=O)[O-])C=C(C(C)(C)C)C=C(Cc3cc(C(C)(C)C)cc(c3OCCCC)C[C@]3([N+](=O)[O-])C=C(C(C)(C)C)C=C(C2)C3=O)C1=O. The molecule has 10 nitrogen and oxygen atoms in total. The molecule has 0 spiro atoms. The number of ether oxygens (including phenoxy) is 2. The van der Waals surface area contributed by atoms with E-state index in [0.717, 1.165) is 24.0 Å². The van der Waals surface area contributed by atoms with Crippen LogP contribution in [0.15, 0.2) is 70.9 Å². The number of hydrogen-bond donors (Lipinski definition) is 0. The molecule has 2 aromatic rings. The van der Waals surface area contributed by atoms with E-state index in [1.165, 1.54) is 0 Å². The maximum absolute atomic E-state index is 15.3. The predicted octanol–water partition coefficient (Wildman–Crippen LogP) is 11.5. The minimum absolute atomic E-state index is 0.0268. The quantitative estimate of drug-likeness (QED) is 0.131. The number of nitrogens with zero attached hydrogens (tertiary/aromatic N) is 2. The largest absolute Gasteiger partial charge is 0.493 e. The van der Waals surface area contributed by atoms with Crippen LogP contribution in [0.3, 0.4) is 0 Å². The molecule has 0 N–H and O–H groups in total. The number of carbonyl (C=O) groups is 2. The molecule has 8 bridgehead atoms. The van der Waals surface area contributed by atoms with E-state index >= 15 is 9.59 Å². The molecule has 0 fully saturated rings.